The van der Waals surface area contributed by atoms with Gasteiger partial charge in [-0.1, -0.05) is 0 Å². The van der Waals surface area contributed by atoms with Crippen LogP contribution in [-0.2, 0) is 16.0 Å². The number of carbonyl (C=O) groups is 1. The molecule has 2 aliphatic heterocycles. The summed E-state index contributed by atoms with van der Waals surface area (Å²) in [5, 5.41) is 3.39. The Morgan fingerprint density at radius 1 is 1.33 bits per heavy atom. The third-order valence-corrected chi connectivity index (χ3v) is 5.21. The number of guanidine groups is 1. The number of amides is 1. The summed E-state index contributed by atoms with van der Waals surface area (Å²) >= 11 is 0. The van der Waals surface area contributed by atoms with Gasteiger partial charge in [-0.05, 0) is 50.3 Å². The van der Waals surface area contributed by atoms with Crippen molar-refractivity contribution in [2.45, 2.75) is 39.2 Å². The van der Waals surface area contributed by atoms with Crippen LogP contribution >= 0.6 is 0 Å². The molecule has 0 radical (unpaired) electrons. The van der Waals surface area contributed by atoms with Gasteiger partial charge in [0.05, 0.1) is 0 Å². The highest BCUT2D eigenvalue weighted by Gasteiger charge is 2.30. The van der Waals surface area contributed by atoms with Gasteiger partial charge in [0.2, 0.25) is 0 Å². The lowest BCUT2D eigenvalue weighted by Crippen LogP contribution is -2.55. The molecule has 7 nitrogen and oxygen atoms in total. The van der Waals surface area contributed by atoms with Crippen molar-refractivity contribution in [1.29, 1.82) is 0 Å². The van der Waals surface area contributed by atoms with Crippen LogP contribution in [0.1, 0.15) is 30.9 Å². The summed E-state index contributed by atoms with van der Waals surface area (Å²) in [6, 6.07) is 2.06. The van der Waals surface area contributed by atoms with Gasteiger partial charge in [-0.15, -0.1) is 0 Å². The Balaban J connectivity index is 1.52. The smallest absolute Gasteiger partial charge is 0.251 e. The highest BCUT2D eigenvalue weighted by atomic mass is 16.5. The van der Waals surface area contributed by atoms with Crippen LogP contribution in [0.4, 0.5) is 0 Å². The molecular formula is C20H31N5O2. The molecule has 1 aromatic rings. The number of hydrogen-bond donors (Lipinski definition) is 1. The fraction of sp³-hybridized carbons (Fsp3) is 0.650. The van der Waals surface area contributed by atoms with E-state index in [4.69, 9.17) is 9.73 Å². The third-order valence-electron chi connectivity index (χ3n) is 5.21. The maximum absolute atomic E-state index is 12.5. The van der Waals surface area contributed by atoms with E-state index in [1.807, 2.05) is 17.3 Å². The predicted octanol–water partition coefficient (Wildman–Crippen LogP) is 1.22. The lowest BCUT2D eigenvalue weighted by molar-refractivity contribution is -0.142. The second kappa shape index (κ2) is 9.69. The van der Waals surface area contributed by atoms with Crippen molar-refractivity contribution in [3.05, 3.63) is 29.6 Å². The lowest BCUT2D eigenvalue weighted by Gasteiger charge is -2.37. The Morgan fingerprint density at radius 3 is 2.78 bits per heavy atom. The van der Waals surface area contributed by atoms with E-state index in [0.29, 0.717) is 6.61 Å². The number of nitrogens with one attached hydrogen (secondary N) is 1. The van der Waals surface area contributed by atoms with Gasteiger partial charge in [0, 0.05) is 58.3 Å². The molecule has 3 rings (SSSR count). The zero-order valence-corrected chi connectivity index (χ0v) is 16.5. The van der Waals surface area contributed by atoms with Crippen LogP contribution in [-0.4, -0.2) is 78.6 Å². The number of hydrogen-bond acceptors (Lipinski definition) is 4. The zero-order chi connectivity index (χ0) is 19.1. The van der Waals surface area contributed by atoms with E-state index < -0.39 is 0 Å². The number of piperazine rings is 1. The SMILES string of the molecule is CCNC(=NCCc1ccncc1C)N1CCN(C(=O)C2CCCO2)CC1. The Hall–Kier alpha value is -2.15. The fourth-order valence-electron chi connectivity index (χ4n) is 3.61. The van der Waals surface area contributed by atoms with Gasteiger partial charge in [0.25, 0.3) is 5.91 Å². The fourth-order valence-corrected chi connectivity index (χ4v) is 3.61. The van der Waals surface area contributed by atoms with Crippen LogP contribution < -0.4 is 5.32 Å². The Bertz CT molecular complexity index is 650. The molecule has 0 saturated carbocycles. The van der Waals surface area contributed by atoms with Crippen molar-refractivity contribution in [3.63, 3.8) is 0 Å². The summed E-state index contributed by atoms with van der Waals surface area (Å²) in [5.74, 6) is 1.09. The largest absolute Gasteiger partial charge is 0.368 e. The number of pyridine rings is 1. The van der Waals surface area contributed by atoms with Crippen LogP contribution in [0.5, 0.6) is 0 Å². The molecule has 27 heavy (non-hydrogen) atoms. The lowest BCUT2D eigenvalue weighted by atomic mass is 10.1. The van der Waals surface area contributed by atoms with E-state index in [2.05, 4.69) is 35.1 Å². The van der Waals surface area contributed by atoms with Crippen molar-refractivity contribution >= 4 is 11.9 Å². The quantitative estimate of drug-likeness (QED) is 0.621. The summed E-state index contributed by atoms with van der Waals surface area (Å²) < 4.78 is 5.54. The molecular weight excluding hydrogens is 342 g/mol. The molecule has 7 heteroatoms. The van der Waals surface area contributed by atoms with Gasteiger partial charge in [-0.25, -0.2) is 0 Å². The molecule has 1 N–H and O–H groups in total. The first-order chi connectivity index (χ1) is 13.2. The maximum atomic E-state index is 12.5. The summed E-state index contributed by atoms with van der Waals surface area (Å²) in [4.78, 5) is 25.6. The van der Waals surface area contributed by atoms with E-state index in [1.165, 1.54) is 11.1 Å². The van der Waals surface area contributed by atoms with Crippen LogP contribution in [0.15, 0.2) is 23.5 Å². The number of nitrogens with zero attached hydrogens (tertiary/aromatic N) is 4. The molecule has 1 aromatic heterocycles. The minimum Gasteiger partial charge on any atom is -0.368 e. The van der Waals surface area contributed by atoms with Crippen molar-refractivity contribution in [3.8, 4) is 0 Å². The van der Waals surface area contributed by atoms with Gasteiger partial charge >= 0.3 is 0 Å². The Kier molecular flexibility index (Phi) is 7.04. The van der Waals surface area contributed by atoms with Crippen LogP contribution in [0.2, 0.25) is 0 Å². The molecule has 2 fully saturated rings. The van der Waals surface area contributed by atoms with E-state index in [-0.39, 0.29) is 12.0 Å². The normalized spacial score (nSPS) is 20.8. The first-order valence-corrected chi connectivity index (χ1v) is 10.0. The maximum Gasteiger partial charge on any atom is 0.251 e. The number of aryl methyl sites for hydroxylation is 1. The molecule has 2 saturated heterocycles. The molecule has 0 aromatic carbocycles. The second-order valence-corrected chi connectivity index (χ2v) is 7.10. The molecule has 1 unspecified atom stereocenters. The van der Waals surface area contributed by atoms with Crippen LogP contribution in [0.25, 0.3) is 0 Å². The van der Waals surface area contributed by atoms with Crippen molar-refractivity contribution in [1.82, 2.24) is 20.1 Å². The number of carbonyl (C=O) groups excluding carboxylic acids is 1. The third kappa shape index (κ3) is 5.19. The molecule has 1 atom stereocenters. The minimum atomic E-state index is -0.220. The van der Waals surface area contributed by atoms with Crippen LogP contribution in [0, 0.1) is 6.92 Å². The molecule has 0 aliphatic carbocycles. The first kappa shape index (κ1) is 19.6. The van der Waals surface area contributed by atoms with Crippen molar-refractivity contribution in [2.24, 2.45) is 4.99 Å². The van der Waals surface area contributed by atoms with E-state index in [1.54, 1.807) is 0 Å². The van der Waals surface area contributed by atoms with Crippen molar-refractivity contribution in [2.75, 3.05) is 45.9 Å². The number of ether oxygens (including phenoxy) is 1. The first-order valence-electron chi connectivity index (χ1n) is 10.0. The number of rotatable bonds is 5. The molecule has 0 bridgehead atoms. The van der Waals surface area contributed by atoms with Gasteiger partial charge in [0.15, 0.2) is 5.96 Å². The summed E-state index contributed by atoms with van der Waals surface area (Å²) in [7, 11) is 0. The Labute approximate surface area is 161 Å². The average molecular weight is 374 g/mol. The molecule has 3 heterocycles. The average Bonchev–Trinajstić information content (AvgIpc) is 3.23. The summed E-state index contributed by atoms with van der Waals surface area (Å²) in [5.41, 5.74) is 2.50. The highest BCUT2D eigenvalue weighted by Crippen LogP contribution is 2.16. The van der Waals surface area contributed by atoms with Gasteiger partial charge in [0.1, 0.15) is 6.10 Å². The number of aliphatic imine (C=N–C) groups is 1. The van der Waals surface area contributed by atoms with Gasteiger partial charge in [-0.3, -0.25) is 14.8 Å². The number of aromatic nitrogens is 1. The molecule has 148 valence electrons. The molecule has 1 amide bonds. The predicted molar refractivity (Wildman–Crippen MR) is 106 cm³/mol. The molecule has 0 spiro atoms. The topological polar surface area (TPSA) is 70.1 Å². The second-order valence-electron chi connectivity index (χ2n) is 7.10. The van der Waals surface area contributed by atoms with E-state index >= 15 is 0 Å². The zero-order valence-electron chi connectivity index (χ0n) is 16.5. The van der Waals surface area contributed by atoms with Crippen molar-refractivity contribution < 1.29 is 9.53 Å². The van der Waals surface area contributed by atoms with E-state index in [0.717, 1.165) is 64.5 Å². The van der Waals surface area contributed by atoms with E-state index in [9.17, 15) is 4.79 Å². The molecule has 2 aliphatic rings. The van der Waals surface area contributed by atoms with Gasteiger partial charge < -0.3 is 19.9 Å². The van der Waals surface area contributed by atoms with Crippen LogP contribution in [0.3, 0.4) is 0 Å². The monoisotopic (exact) mass is 373 g/mol. The minimum absolute atomic E-state index is 0.155. The van der Waals surface area contributed by atoms with Gasteiger partial charge in [-0.2, -0.15) is 0 Å². The standard InChI is InChI=1S/C20H31N5O2/c1-3-22-20(23-9-7-17-6-8-21-15-16(17)2)25-12-10-24(11-13-25)19(26)18-5-4-14-27-18/h6,8,15,18H,3-5,7,9-14H2,1-2H3,(H,22,23). The highest BCUT2D eigenvalue weighted by molar-refractivity contribution is 5.82. The Morgan fingerprint density at radius 2 is 2.11 bits per heavy atom. The summed E-state index contributed by atoms with van der Waals surface area (Å²) in [6.45, 7) is 9.52. The summed E-state index contributed by atoms with van der Waals surface area (Å²) in [6.07, 6.45) is 6.26.